The predicted octanol–water partition coefficient (Wildman–Crippen LogP) is 5.38. The Balaban J connectivity index is 4.41. The van der Waals surface area contributed by atoms with Gasteiger partial charge in [0.25, 0.3) is 0 Å². The van der Waals surface area contributed by atoms with Gasteiger partial charge in [-0.25, -0.2) is 4.57 Å². The zero-order chi connectivity index (χ0) is 13.5. The van der Waals surface area contributed by atoms with Crippen LogP contribution in [0, 0.1) is 0 Å². The van der Waals surface area contributed by atoms with Crippen molar-refractivity contribution in [1.29, 1.82) is 0 Å². The molecule has 0 aliphatic carbocycles. The van der Waals surface area contributed by atoms with E-state index in [1.54, 1.807) is 13.8 Å². The number of unbranched alkanes of at least 4 members (excludes halogenated alkanes) is 1. The minimum atomic E-state index is -3.65. The lowest BCUT2D eigenvalue weighted by molar-refractivity contribution is 0.0967. The molecule has 0 saturated heterocycles. The van der Waals surface area contributed by atoms with Gasteiger partial charge in [-0.05, 0) is 20.3 Å². The van der Waals surface area contributed by atoms with Crippen LogP contribution in [-0.4, -0.2) is 15.6 Å². The number of phosphoric ester groups is 1. The van der Waals surface area contributed by atoms with E-state index in [-0.39, 0.29) is 5.01 Å². The Hall–Kier alpha value is 1.36. The van der Waals surface area contributed by atoms with Crippen LogP contribution in [0.3, 0.4) is 0 Å². The Kier molecular flexibility index (Phi) is 10.0. The zero-order valence-corrected chi connectivity index (χ0v) is 14.9. The highest BCUT2D eigenvalue weighted by Crippen LogP contribution is 2.54. The highest BCUT2D eigenvalue weighted by molar-refractivity contribution is 9.09. The quantitative estimate of drug-likeness (QED) is 0.374. The topological polar surface area (TPSA) is 44.8 Å². The van der Waals surface area contributed by atoms with E-state index in [9.17, 15) is 4.57 Å². The molecule has 0 amide bonds. The molecule has 4 unspecified atom stereocenters. The lowest BCUT2D eigenvalue weighted by Crippen LogP contribution is -2.11. The molecule has 4 nitrogen and oxygen atoms in total. The van der Waals surface area contributed by atoms with Gasteiger partial charge in [0.05, 0.1) is 0 Å². The van der Waals surface area contributed by atoms with Crippen molar-refractivity contribution in [2.75, 3.05) is 0 Å². The van der Waals surface area contributed by atoms with Gasteiger partial charge in [0, 0.05) is 0 Å². The molecule has 0 spiro atoms. The van der Waals surface area contributed by atoms with E-state index >= 15 is 0 Å². The van der Waals surface area contributed by atoms with Gasteiger partial charge in [0.15, 0.2) is 0 Å². The third-order valence-electron chi connectivity index (χ3n) is 1.58. The van der Waals surface area contributed by atoms with Crippen molar-refractivity contribution in [2.45, 2.75) is 55.6 Å². The molecule has 0 heterocycles. The fraction of sp³-hybridized carbons (Fsp3) is 1.00. The van der Waals surface area contributed by atoms with Crippen molar-refractivity contribution in [3.63, 3.8) is 0 Å². The maximum Gasteiger partial charge on any atom is 0.478 e. The molecule has 0 N–H and O–H groups in total. The number of rotatable bonds is 9. The Morgan fingerprint density at radius 3 is 2.24 bits per heavy atom. The van der Waals surface area contributed by atoms with Crippen molar-refractivity contribution in [1.82, 2.24) is 0 Å². The highest BCUT2D eigenvalue weighted by Gasteiger charge is 2.33. The summed E-state index contributed by atoms with van der Waals surface area (Å²) in [7, 11) is -3.65. The van der Waals surface area contributed by atoms with Crippen LogP contribution in [0.1, 0.15) is 40.0 Å². The van der Waals surface area contributed by atoms with Gasteiger partial charge in [-0.1, -0.05) is 63.2 Å². The predicted molar refractivity (Wildman–Crippen MR) is 76.8 cm³/mol. The first-order valence-corrected chi connectivity index (χ1v) is 9.09. The first-order chi connectivity index (χ1) is 7.79. The molecule has 0 bridgehead atoms. The second-order valence-corrected chi connectivity index (χ2v) is 7.85. The molecule has 0 radical (unpaired) electrons. The molecule has 0 aromatic rings. The second kappa shape index (κ2) is 9.29. The lowest BCUT2D eigenvalue weighted by atomic mass is 10.3. The van der Waals surface area contributed by atoms with Crippen molar-refractivity contribution in [3.8, 4) is 0 Å². The summed E-state index contributed by atoms with van der Waals surface area (Å²) < 4.78 is 27.6. The second-order valence-electron chi connectivity index (χ2n) is 3.40. The first-order valence-electron chi connectivity index (χ1n) is 5.36. The molecule has 0 aliphatic rings. The monoisotopic (exact) mass is 414 g/mol. The third-order valence-corrected chi connectivity index (χ3v) is 4.86. The van der Waals surface area contributed by atoms with E-state index in [0.29, 0.717) is 0 Å². The Bertz CT molecular complexity index is 239. The summed E-state index contributed by atoms with van der Waals surface area (Å²) in [5.41, 5.74) is -0.752. The number of halogens is 3. The maximum atomic E-state index is 12.2. The lowest BCUT2D eigenvalue weighted by Gasteiger charge is -2.22. The van der Waals surface area contributed by atoms with E-state index in [2.05, 4.69) is 38.8 Å². The standard InChI is InChI=1S/C9H18Br2ClO4P/c1-4-5-6-9(11)16-17(13,14-7(2)10)15-8(3)12/h7-9H,4-6H2,1-3H3. The minimum absolute atomic E-state index is 0.380. The molecule has 0 saturated carbocycles. The van der Waals surface area contributed by atoms with Crippen molar-refractivity contribution in [2.24, 2.45) is 0 Å². The molecule has 0 aromatic carbocycles. The number of phosphoric acid groups is 1. The van der Waals surface area contributed by atoms with E-state index in [1.165, 1.54) is 0 Å². The van der Waals surface area contributed by atoms with Gasteiger partial charge in [0.1, 0.15) is 15.6 Å². The molecule has 0 aromatic heterocycles. The van der Waals surface area contributed by atoms with E-state index < -0.39 is 18.4 Å². The average Bonchev–Trinajstić information content (AvgIpc) is 2.10. The summed E-state index contributed by atoms with van der Waals surface area (Å²) in [6, 6.07) is 0. The normalized spacial score (nSPS) is 20.6. The van der Waals surface area contributed by atoms with Crippen LogP contribution in [0.2, 0.25) is 0 Å². The summed E-state index contributed by atoms with van der Waals surface area (Å²) in [6.45, 7) is 5.29. The van der Waals surface area contributed by atoms with Crippen molar-refractivity contribution >= 4 is 51.3 Å². The molecule has 0 rings (SSSR count). The van der Waals surface area contributed by atoms with Gasteiger partial charge in [-0.2, -0.15) is 0 Å². The van der Waals surface area contributed by atoms with Crippen LogP contribution >= 0.6 is 51.3 Å². The number of hydrogen-bond donors (Lipinski definition) is 0. The molecular weight excluding hydrogens is 398 g/mol. The van der Waals surface area contributed by atoms with Crippen LogP contribution in [0.5, 0.6) is 0 Å². The molecule has 4 atom stereocenters. The molecular formula is C9H18Br2ClO4P. The van der Waals surface area contributed by atoms with E-state index in [1.807, 2.05) is 0 Å². The van der Waals surface area contributed by atoms with Crippen LogP contribution < -0.4 is 0 Å². The largest absolute Gasteiger partial charge is 0.478 e. The van der Waals surface area contributed by atoms with E-state index in [0.717, 1.165) is 19.3 Å². The van der Waals surface area contributed by atoms with Crippen molar-refractivity contribution in [3.05, 3.63) is 0 Å². The first kappa shape index (κ1) is 18.4. The summed E-state index contributed by atoms with van der Waals surface area (Å²) in [5, 5.41) is -0.829. The van der Waals surface area contributed by atoms with Crippen molar-refractivity contribution < 1.29 is 18.1 Å². The summed E-state index contributed by atoms with van der Waals surface area (Å²) >= 11 is 12.1. The van der Waals surface area contributed by atoms with Gasteiger partial charge in [-0.3, -0.25) is 13.6 Å². The van der Waals surface area contributed by atoms with Crippen LogP contribution in [0.25, 0.3) is 0 Å². The van der Waals surface area contributed by atoms with Crippen LogP contribution in [0.15, 0.2) is 0 Å². The fourth-order valence-electron chi connectivity index (χ4n) is 0.988. The fourth-order valence-corrected chi connectivity index (χ4v) is 4.08. The Labute approximate surface area is 125 Å². The highest BCUT2D eigenvalue weighted by atomic mass is 79.9. The van der Waals surface area contributed by atoms with Crippen LogP contribution in [-0.2, 0) is 18.1 Å². The summed E-state index contributed by atoms with van der Waals surface area (Å²) in [4.78, 5) is 0. The third kappa shape index (κ3) is 9.88. The minimum Gasteiger partial charge on any atom is -0.272 e. The maximum absolute atomic E-state index is 12.2. The molecule has 0 aliphatic heterocycles. The molecule has 0 fully saturated rings. The molecule has 104 valence electrons. The average molecular weight is 416 g/mol. The number of alkyl halides is 3. The molecule has 8 heteroatoms. The molecule has 17 heavy (non-hydrogen) atoms. The smallest absolute Gasteiger partial charge is 0.272 e. The summed E-state index contributed by atoms with van der Waals surface area (Å²) in [6.07, 6.45) is 2.70. The van der Waals surface area contributed by atoms with E-state index in [4.69, 9.17) is 25.2 Å². The Morgan fingerprint density at radius 1 is 1.24 bits per heavy atom. The van der Waals surface area contributed by atoms with Crippen LogP contribution in [0.4, 0.5) is 0 Å². The number of hydrogen-bond acceptors (Lipinski definition) is 4. The zero-order valence-electron chi connectivity index (χ0n) is 10.1. The SMILES string of the molecule is CCCCC(Br)OP(=O)(OC(C)Cl)OC(C)Br. The Morgan fingerprint density at radius 2 is 1.82 bits per heavy atom. The summed E-state index contributed by atoms with van der Waals surface area (Å²) in [5.74, 6) is 0. The van der Waals surface area contributed by atoms with Gasteiger partial charge >= 0.3 is 7.82 Å². The van der Waals surface area contributed by atoms with Gasteiger partial charge < -0.3 is 0 Å². The van der Waals surface area contributed by atoms with Gasteiger partial charge in [-0.15, -0.1) is 0 Å². The van der Waals surface area contributed by atoms with Gasteiger partial charge in [0.2, 0.25) is 0 Å².